The first kappa shape index (κ1) is 12.3. The molecule has 2 rings (SSSR count). The monoisotopic (exact) mass is 310 g/mol. The third-order valence-electron chi connectivity index (χ3n) is 2.34. The van der Waals surface area contributed by atoms with E-state index < -0.39 is 0 Å². The largest absolute Gasteiger partial charge is 0.422 e. The topological polar surface area (TPSA) is 26.3 Å². The first-order valence-electron chi connectivity index (χ1n) is 5.10. The van der Waals surface area contributed by atoms with Gasteiger partial charge in [0, 0.05) is 4.47 Å². The van der Waals surface area contributed by atoms with E-state index in [-0.39, 0.29) is 5.97 Å². The fraction of sp³-hybridized carbons (Fsp3) is 0.154. The number of ether oxygens (including phenoxy) is 1. The summed E-state index contributed by atoms with van der Waals surface area (Å²) in [6.07, 6.45) is 0. The molecule has 4 heteroatoms. The maximum Gasteiger partial charge on any atom is 0.353 e. The minimum absolute atomic E-state index is 0.298. The molecule has 0 atom stereocenters. The third-order valence-corrected chi connectivity index (χ3v) is 3.65. The molecule has 0 saturated heterocycles. The average Bonchev–Trinajstić information content (AvgIpc) is 2.76. The van der Waals surface area contributed by atoms with Crippen molar-refractivity contribution in [2.45, 2.75) is 13.8 Å². The summed E-state index contributed by atoms with van der Waals surface area (Å²) in [4.78, 5) is 12.5. The molecular formula is C13H11BrO2S. The number of benzene rings is 1. The summed E-state index contributed by atoms with van der Waals surface area (Å²) >= 11 is 4.79. The van der Waals surface area contributed by atoms with E-state index in [0.29, 0.717) is 10.6 Å². The second kappa shape index (κ2) is 5.02. The molecule has 1 aromatic heterocycles. The molecule has 0 unspecified atom stereocenters. The number of esters is 1. The second-order valence-electron chi connectivity index (χ2n) is 3.74. The molecule has 1 aromatic carbocycles. The van der Waals surface area contributed by atoms with Crippen LogP contribution in [-0.2, 0) is 0 Å². The van der Waals surface area contributed by atoms with Crippen LogP contribution < -0.4 is 4.74 Å². The minimum atomic E-state index is -0.298. The molecule has 0 amide bonds. The lowest BCUT2D eigenvalue weighted by molar-refractivity contribution is 0.0737. The first-order valence-corrected chi connectivity index (χ1v) is 6.77. The SMILES string of the molecule is Cc1cc(Br)cc(C)c1OC(=O)c1cccs1. The molecule has 0 fully saturated rings. The van der Waals surface area contributed by atoms with Crippen LogP contribution in [0.1, 0.15) is 20.8 Å². The normalized spacial score (nSPS) is 10.3. The zero-order valence-corrected chi connectivity index (χ0v) is 11.9. The predicted octanol–water partition coefficient (Wildman–Crippen LogP) is 4.35. The minimum Gasteiger partial charge on any atom is -0.422 e. The Morgan fingerprint density at radius 1 is 1.29 bits per heavy atom. The van der Waals surface area contributed by atoms with Crippen molar-refractivity contribution in [3.63, 3.8) is 0 Å². The van der Waals surface area contributed by atoms with Gasteiger partial charge in [-0.3, -0.25) is 0 Å². The van der Waals surface area contributed by atoms with Gasteiger partial charge in [-0.2, -0.15) is 0 Å². The Hall–Kier alpha value is -1.13. The third kappa shape index (κ3) is 2.76. The van der Waals surface area contributed by atoms with Crippen LogP contribution in [0.5, 0.6) is 5.75 Å². The molecular weight excluding hydrogens is 300 g/mol. The van der Waals surface area contributed by atoms with Crippen molar-refractivity contribution in [1.82, 2.24) is 0 Å². The van der Waals surface area contributed by atoms with E-state index >= 15 is 0 Å². The number of hydrogen-bond donors (Lipinski definition) is 0. The van der Waals surface area contributed by atoms with Gasteiger partial charge in [0.25, 0.3) is 0 Å². The van der Waals surface area contributed by atoms with Gasteiger partial charge in [-0.05, 0) is 48.6 Å². The Labute approximate surface area is 112 Å². The highest BCUT2D eigenvalue weighted by molar-refractivity contribution is 9.10. The molecule has 2 nitrogen and oxygen atoms in total. The molecule has 2 aromatic rings. The van der Waals surface area contributed by atoms with Crippen molar-refractivity contribution in [2.75, 3.05) is 0 Å². The Balaban J connectivity index is 2.28. The van der Waals surface area contributed by atoms with E-state index in [0.717, 1.165) is 15.6 Å². The summed E-state index contributed by atoms with van der Waals surface area (Å²) in [5.74, 6) is 0.347. The molecule has 0 saturated carbocycles. The molecule has 0 aliphatic heterocycles. The summed E-state index contributed by atoms with van der Waals surface area (Å²) in [6, 6.07) is 7.47. The van der Waals surface area contributed by atoms with E-state index in [9.17, 15) is 4.79 Å². The molecule has 0 spiro atoms. The van der Waals surface area contributed by atoms with Gasteiger partial charge in [0.15, 0.2) is 0 Å². The van der Waals surface area contributed by atoms with E-state index in [1.54, 1.807) is 6.07 Å². The molecule has 0 aliphatic carbocycles. The van der Waals surface area contributed by atoms with Crippen LogP contribution in [0.25, 0.3) is 0 Å². The quantitative estimate of drug-likeness (QED) is 0.609. The van der Waals surface area contributed by atoms with E-state index in [1.165, 1.54) is 11.3 Å². The highest BCUT2D eigenvalue weighted by Crippen LogP contribution is 2.28. The fourth-order valence-corrected chi connectivity index (χ4v) is 2.88. The molecule has 88 valence electrons. The first-order chi connectivity index (χ1) is 8.08. The van der Waals surface area contributed by atoms with Crippen molar-refractivity contribution >= 4 is 33.2 Å². The van der Waals surface area contributed by atoms with Crippen molar-refractivity contribution in [3.05, 3.63) is 50.1 Å². The van der Waals surface area contributed by atoms with Crippen LogP contribution in [0.3, 0.4) is 0 Å². The van der Waals surface area contributed by atoms with Gasteiger partial charge in [-0.25, -0.2) is 4.79 Å². The molecule has 1 heterocycles. The molecule has 0 N–H and O–H groups in total. The standard InChI is InChI=1S/C13H11BrO2S/c1-8-6-10(14)7-9(2)12(8)16-13(15)11-4-3-5-17-11/h3-7H,1-2H3. The van der Waals surface area contributed by atoms with E-state index in [1.807, 2.05) is 37.4 Å². The lowest BCUT2D eigenvalue weighted by Crippen LogP contribution is -2.08. The van der Waals surface area contributed by atoms with Gasteiger partial charge in [0.05, 0.1) is 0 Å². The maximum atomic E-state index is 11.8. The van der Waals surface area contributed by atoms with Crippen LogP contribution in [0.4, 0.5) is 0 Å². The van der Waals surface area contributed by atoms with Crippen LogP contribution in [0.15, 0.2) is 34.1 Å². The zero-order valence-electron chi connectivity index (χ0n) is 9.49. The average molecular weight is 311 g/mol. The summed E-state index contributed by atoms with van der Waals surface area (Å²) in [5.41, 5.74) is 1.89. The van der Waals surface area contributed by atoms with Gasteiger partial charge in [0.1, 0.15) is 10.6 Å². The molecule has 0 bridgehead atoms. The van der Waals surface area contributed by atoms with Gasteiger partial charge in [-0.1, -0.05) is 22.0 Å². The number of hydrogen-bond acceptors (Lipinski definition) is 3. The molecule has 0 aliphatic rings. The highest BCUT2D eigenvalue weighted by Gasteiger charge is 2.13. The lowest BCUT2D eigenvalue weighted by Gasteiger charge is -2.10. The summed E-state index contributed by atoms with van der Waals surface area (Å²) in [6.45, 7) is 3.85. The molecule has 17 heavy (non-hydrogen) atoms. The highest BCUT2D eigenvalue weighted by atomic mass is 79.9. The van der Waals surface area contributed by atoms with Crippen molar-refractivity contribution in [1.29, 1.82) is 0 Å². The van der Waals surface area contributed by atoms with Gasteiger partial charge >= 0.3 is 5.97 Å². The van der Waals surface area contributed by atoms with E-state index in [4.69, 9.17) is 4.74 Å². The number of halogens is 1. The second-order valence-corrected chi connectivity index (χ2v) is 5.60. The number of rotatable bonds is 2. The lowest BCUT2D eigenvalue weighted by atomic mass is 10.1. The van der Waals surface area contributed by atoms with Crippen LogP contribution >= 0.6 is 27.3 Å². The Morgan fingerprint density at radius 3 is 2.47 bits per heavy atom. The zero-order chi connectivity index (χ0) is 12.4. The van der Waals surface area contributed by atoms with Crippen LogP contribution in [-0.4, -0.2) is 5.97 Å². The molecule has 0 radical (unpaired) electrons. The Morgan fingerprint density at radius 2 is 1.94 bits per heavy atom. The maximum absolute atomic E-state index is 11.8. The van der Waals surface area contributed by atoms with Gasteiger partial charge in [-0.15, -0.1) is 11.3 Å². The predicted molar refractivity (Wildman–Crippen MR) is 72.9 cm³/mol. The van der Waals surface area contributed by atoms with Gasteiger partial charge < -0.3 is 4.74 Å². The van der Waals surface area contributed by atoms with Crippen molar-refractivity contribution in [2.24, 2.45) is 0 Å². The Kier molecular flexibility index (Phi) is 3.64. The smallest absolute Gasteiger partial charge is 0.353 e. The number of carbonyl (C=O) groups excluding carboxylic acids is 1. The van der Waals surface area contributed by atoms with Crippen LogP contribution in [0.2, 0.25) is 0 Å². The summed E-state index contributed by atoms with van der Waals surface area (Å²) in [7, 11) is 0. The summed E-state index contributed by atoms with van der Waals surface area (Å²) < 4.78 is 6.42. The van der Waals surface area contributed by atoms with Crippen LogP contribution in [0, 0.1) is 13.8 Å². The number of carbonyl (C=O) groups is 1. The number of thiophene rings is 1. The summed E-state index contributed by atoms with van der Waals surface area (Å²) in [5, 5.41) is 1.86. The van der Waals surface area contributed by atoms with E-state index in [2.05, 4.69) is 15.9 Å². The Bertz CT molecular complexity index is 524. The van der Waals surface area contributed by atoms with Crippen molar-refractivity contribution < 1.29 is 9.53 Å². The van der Waals surface area contributed by atoms with Crippen molar-refractivity contribution in [3.8, 4) is 5.75 Å². The number of aryl methyl sites for hydroxylation is 2. The fourth-order valence-electron chi connectivity index (χ4n) is 1.60. The van der Waals surface area contributed by atoms with Gasteiger partial charge in [0.2, 0.25) is 0 Å².